The molecule has 0 amide bonds. The van der Waals surface area contributed by atoms with Crippen molar-refractivity contribution in [3.8, 4) is 0 Å². The lowest BCUT2D eigenvalue weighted by molar-refractivity contribution is 1.04. The summed E-state index contributed by atoms with van der Waals surface area (Å²) in [5, 5.41) is 0. The largest absolute Gasteiger partial charge is 0.251 e. The highest BCUT2D eigenvalue weighted by atomic mass is 14.8. The van der Waals surface area contributed by atoms with E-state index in [0.29, 0.717) is 0 Å². The van der Waals surface area contributed by atoms with Gasteiger partial charge in [0.25, 0.3) is 0 Å². The van der Waals surface area contributed by atoms with E-state index in [1.54, 1.807) is 0 Å². The highest BCUT2D eigenvalue weighted by Crippen LogP contribution is 2.28. The maximum absolute atomic E-state index is 5.24. The summed E-state index contributed by atoms with van der Waals surface area (Å²) in [6, 6.07) is 19.5. The van der Waals surface area contributed by atoms with E-state index in [-0.39, 0.29) is 0 Å². The van der Waals surface area contributed by atoms with E-state index >= 15 is 0 Å². The van der Waals surface area contributed by atoms with Crippen molar-refractivity contribution in [3.05, 3.63) is 93.5 Å². The number of nitrogens with zero attached hydrogens (tertiary/aromatic N) is 2. The summed E-state index contributed by atoms with van der Waals surface area (Å²) in [6.45, 7) is 15.1. The van der Waals surface area contributed by atoms with Crippen LogP contribution in [0.2, 0.25) is 0 Å². The Morgan fingerprint density at radius 3 is 1.50 bits per heavy atom. The number of aryl methyl sites for hydroxylation is 7. The lowest BCUT2D eigenvalue weighted by Crippen LogP contribution is -2.15. The van der Waals surface area contributed by atoms with Gasteiger partial charge in [0.1, 0.15) is 0 Å². The summed E-state index contributed by atoms with van der Waals surface area (Å²) in [5.41, 5.74) is 13.1. The van der Waals surface area contributed by atoms with Gasteiger partial charge in [-0.3, -0.25) is 9.98 Å². The van der Waals surface area contributed by atoms with E-state index in [4.69, 9.17) is 9.98 Å². The van der Waals surface area contributed by atoms with E-state index in [9.17, 15) is 0 Å². The van der Waals surface area contributed by atoms with Crippen LogP contribution in [0.3, 0.4) is 0 Å². The van der Waals surface area contributed by atoms with Crippen LogP contribution in [0.1, 0.15) is 58.7 Å². The van der Waals surface area contributed by atoms with Crippen molar-refractivity contribution in [2.45, 2.75) is 67.7 Å². The normalized spacial score (nSPS) is 12.3. The molecule has 166 valence electrons. The molecule has 0 fully saturated rings. The molecule has 0 aliphatic rings. The zero-order valence-electron chi connectivity index (χ0n) is 20.7. The lowest BCUT2D eigenvalue weighted by atomic mass is 10.0. The molecule has 0 N–H and O–H groups in total. The van der Waals surface area contributed by atoms with Crippen LogP contribution in [0.4, 0.5) is 11.4 Å². The summed E-state index contributed by atoms with van der Waals surface area (Å²) < 4.78 is 0. The SMILES string of the molecule is CCC(=Nc1c(C)cc(C)cc1C)C(CCc1ccccc1)=Nc1c(C)cc(C)cc1C. The molecule has 0 aliphatic carbocycles. The average Bonchev–Trinajstić information content (AvgIpc) is 2.73. The lowest BCUT2D eigenvalue weighted by Gasteiger charge is -2.14. The van der Waals surface area contributed by atoms with Crippen LogP contribution in [0.15, 0.2) is 64.6 Å². The second kappa shape index (κ2) is 10.5. The van der Waals surface area contributed by atoms with Crippen LogP contribution < -0.4 is 0 Å². The van der Waals surface area contributed by atoms with Crippen molar-refractivity contribution in [3.63, 3.8) is 0 Å². The summed E-state index contributed by atoms with van der Waals surface area (Å²) in [4.78, 5) is 10.4. The fraction of sp³-hybridized carbons (Fsp3) is 0.333. The van der Waals surface area contributed by atoms with Gasteiger partial charge in [0.2, 0.25) is 0 Å². The maximum Gasteiger partial charge on any atom is 0.0692 e. The molecule has 0 heterocycles. The molecular weight excluding hydrogens is 388 g/mol. The fourth-order valence-corrected chi connectivity index (χ4v) is 4.49. The van der Waals surface area contributed by atoms with Gasteiger partial charge >= 0.3 is 0 Å². The number of aliphatic imine (C=N–C) groups is 2. The zero-order chi connectivity index (χ0) is 23.3. The van der Waals surface area contributed by atoms with Gasteiger partial charge in [-0.15, -0.1) is 0 Å². The first-order valence-electron chi connectivity index (χ1n) is 11.6. The molecule has 3 aromatic rings. The topological polar surface area (TPSA) is 24.7 Å². The van der Waals surface area contributed by atoms with Crippen molar-refractivity contribution < 1.29 is 0 Å². The highest BCUT2D eigenvalue weighted by Gasteiger charge is 2.13. The number of rotatable bonds is 7. The van der Waals surface area contributed by atoms with Crippen LogP contribution >= 0.6 is 0 Å². The number of benzene rings is 3. The van der Waals surface area contributed by atoms with E-state index in [0.717, 1.165) is 42.1 Å². The van der Waals surface area contributed by atoms with Gasteiger partial charge in [-0.2, -0.15) is 0 Å². The molecule has 3 aromatic carbocycles. The van der Waals surface area contributed by atoms with Crippen LogP contribution in [0.5, 0.6) is 0 Å². The first kappa shape index (κ1) is 23.7. The molecule has 32 heavy (non-hydrogen) atoms. The highest BCUT2D eigenvalue weighted by molar-refractivity contribution is 6.43. The van der Waals surface area contributed by atoms with Gasteiger partial charge in [0.05, 0.1) is 22.8 Å². The summed E-state index contributed by atoms with van der Waals surface area (Å²) in [7, 11) is 0. The van der Waals surface area contributed by atoms with Crippen molar-refractivity contribution in [2.24, 2.45) is 9.98 Å². The number of hydrogen-bond acceptors (Lipinski definition) is 2. The smallest absolute Gasteiger partial charge is 0.0692 e. The average molecular weight is 425 g/mol. The molecule has 0 unspecified atom stereocenters. The summed E-state index contributed by atoms with van der Waals surface area (Å²) in [6.07, 6.45) is 2.67. The third-order valence-electron chi connectivity index (χ3n) is 5.93. The summed E-state index contributed by atoms with van der Waals surface area (Å²) >= 11 is 0. The minimum Gasteiger partial charge on any atom is -0.251 e. The molecule has 0 atom stereocenters. The second-order valence-corrected chi connectivity index (χ2v) is 8.95. The van der Waals surface area contributed by atoms with E-state index in [2.05, 4.69) is 103 Å². The third-order valence-corrected chi connectivity index (χ3v) is 5.93. The van der Waals surface area contributed by atoms with Crippen molar-refractivity contribution in [2.75, 3.05) is 0 Å². The predicted octanol–water partition coefficient (Wildman–Crippen LogP) is 8.43. The van der Waals surface area contributed by atoms with E-state index < -0.39 is 0 Å². The Kier molecular flexibility index (Phi) is 7.80. The molecule has 0 bridgehead atoms. The van der Waals surface area contributed by atoms with Gasteiger partial charge in [-0.25, -0.2) is 0 Å². The van der Waals surface area contributed by atoms with Gasteiger partial charge in [0, 0.05) is 0 Å². The Morgan fingerprint density at radius 1 is 0.625 bits per heavy atom. The Balaban J connectivity index is 2.10. The zero-order valence-corrected chi connectivity index (χ0v) is 20.7. The summed E-state index contributed by atoms with van der Waals surface area (Å²) in [5.74, 6) is 0. The minimum atomic E-state index is 0.852. The van der Waals surface area contributed by atoms with Gasteiger partial charge in [0.15, 0.2) is 0 Å². The molecule has 0 saturated carbocycles. The maximum atomic E-state index is 5.24. The van der Waals surface area contributed by atoms with E-state index in [1.165, 1.54) is 38.9 Å². The molecule has 2 heteroatoms. The van der Waals surface area contributed by atoms with Crippen LogP contribution in [-0.4, -0.2) is 11.4 Å². The second-order valence-electron chi connectivity index (χ2n) is 8.95. The van der Waals surface area contributed by atoms with Crippen molar-refractivity contribution >= 4 is 22.8 Å². The Bertz CT molecular complexity index is 1100. The van der Waals surface area contributed by atoms with Crippen LogP contribution in [0.25, 0.3) is 0 Å². The van der Waals surface area contributed by atoms with Crippen molar-refractivity contribution in [1.82, 2.24) is 0 Å². The van der Waals surface area contributed by atoms with E-state index in [1.807, 2.05) is 0 Å². The molecule has 0 spiro atoms. The Labute approximate surface area is 194 Å². The van der Waals surface area contributed by atoms with Gasteiger partial charge in [-0.1, -0.05) is 72.6 Å². The molecule has 0 saturated heterocycles. The predicted molar refractivity (Wildman–Crippen MR) is 141 cm³/mol. The molecule has 0 aromatic heterocycles. The first-order valence-corrected chi connectivity index (χ1v) is 11.6. The first-order chi connectivity index (χ1) is 15.3. The van der Waals surface area contributed by atoms with Gasteiger partial charge in [-0.05, 0) is 88.6 Å². The molecule has 0 radical (unpaired) electrons. The minimum absolute atomic E-state index is 0.852. The molecule has 2 nitrogen and oxygen atoms in total. The Hall–Kier alpha value is -3.00. The Morgan fingerprint density at radius 2 is 1.06 bits per heavy atom. The number of hydrogen-bond donors (Lipinski definition) is 0. The van der Waals surface area contributed by atoms with Crippen LogP contribution in [-0.2, 0) is 6.42 Å². The van der Waals surface area contributed by atoms with Crippen LogP contribution in [0, 0.1) is 41.5 Å². The molecular formula is C30H36N2. The molecule has 0 aliphatic heterocycles. The quantitative estimate of drug-likeness (QED) is 0.340. The third kappa shape index (κ3) is 5.82. The fourth-order valence-electron chi connectivity index (χ4n) is 4.49. The monoisotopic (exact) mass is 424 g/mol. The standard InChI is InChI=1S/C30H36N2/c1-8-27(31-29-22(4)16-20(2)17-23(29)5)28(15-14-26-12-10-9-11-13-26)32-30-24(6)18-21(3)19-25(30)7/h9-13,16-19H,8,14-15H2,1-7H3. The van der Waals surface area contributed by atoms with Gasteiger partial charge < -0.3 is 0 Å². The van der Waals surface area contributed by atoms with Crippen molar-refractivity contribution in [1.29, 1.82) is 0 Å². The molecule has 3 rings (SSSR count).